The van der Waals surface area contributed by atoms with Crippen LogP contribution >= 0.6 is 15.9 Å². The van der Waals surface area contributed by atoms with E-state index in [2.05, 4.69) is 15.9 Å². The number of nitrogens with two attached hydrogens (primary N) is 1. The van der Waals surface area contributed by atoms with Crippen molar-refractivity contribution < 1.29 is 18.7 Å². The lowest BCUT2D eigenvalue weighted by Gasteiger charge is -2.22. The average molecular weight is 395 g/mol. The van der Waals surface area contributed by atoms with E-state index in [1.165, 1.54) is 29.2 Å². The topological polar surface area (TPSA) is 72.6 Å². The third-order valence-corrected chi connectivity index (χ3v) is 3.67. The molecule has 0 fully saturated rings. The van der Waals surface area contributed by atoms with Crippen LogP contribution in [0.5, 0.6) is 5.75 Å². The number of halogens is 2. The van der Waals surface area contributed by atoms with Crippen molar-refractivity contribution in [1.82, 2.24) is 0 Å². The number of carbonyl (C=O) groups excluding carboxylic acids is 2. The Hall–Kier alpha value is -2.41. The molecule has 0 heterocycles. The third kappa shape index (κ3) is 5.34. The molecule has 0 aliphatic carbocycles. The summed E-state index contributed by atoms with van der Waals surface area (Å²) in [6, 6.07) is 12.5. The van der Waals surface area contributed by atoms with Crippen LogP contribution in [-0.2, 0) is 9.59 Å². The van der Waals surface area contributed by atoms with Crippen LogP contribution in [0.15, 0.2) is 53.0 Å². The van der Waals surface area contributed by atoms with E-state index < -0.39 is 11.7 Å². The molecular formula is C17H16BrFN2O3. The number of amides is 2. The Kier molecular flexibility index (Phi) is 6.31. The van der Waals surface area contributed by atoms with Gasteiger partial charge in [-0.3, -0.25) is 9.59 Å². The molecule has 0 bridgehead atoms. The van der Waals surface area contributed by atoms with Gasteiger partial charge >= 0.3 is 0 Å². The fraction of sp³-hybridized carbons (Fsp3) is 0.176. The van der Waals surface area contributed by atoms with Gasteiger partial charge in [-0.15, -0.1) is 0 Å². The van der Waals surface area contributed by atoms with Crippen molar-refractivity contribution >= 4 is 33.4 Å². The lowest BCUT2D eigenvalue weighted by Crippen LogP contribution is -2.37. The molecule has 0 saturated carbocycles. The SMILES string of the molecule is NC(=O)CCN(C(=O)COc1cccc(Br)c1)c1ccc(F)cc1. The predicted molar refractivity (Wildman–Crippen MR) is 92.2 cm³/mol. The van der Waals surface area contributed by atoms with Crippen molar-refractivity contribution in [3.05, 3.63) is 58.8 Å². The number of anilines is 1. The van der Waals surface area contributed by atoms with Gasteiger partial charge in [0, 0.05) is 23.1 Å². The molecule has 5 nitrogen and oxygen atoms in total. The summed E-state index contributed by atoms with van der Waals surface area (Å²) >= 11 is 3.32. The molecule has 0 unspecified atom stereocenters. The van der Waals surface area contributed by atoms with E-state index in [4.69, 9.17) is 10.5 Å². The first-order valence-electron chi connectivity index (χ1n) is 7.18. The van der Waals surface area contributed by atoms with E-state index in [1.807, 2.05) is 6.07 Å². The van der Waals surface area contributed by atoms with E-state index in [-0.39, 0.29) is 25.5 Å². The predicted octanol–water partition coefficient (Wildman–Crippen LogP) is 2.88. The Morgan fingerprint density at radius 1 is 1.17 bits per heavy atom. The second kappa shape index (κ2) is 8.44. The number of nitrogens with zero attached hydrogens (tertiary/aromatic N) is 1. The molecule has 0 atom stereocenters. The van der Waals surface area contributed by atoms with Gasteiger partial charge in [0.2, 0.25) is 5.91 Å². The van der Waals surface area contributed by atoms with Crippen molar-refractivity contribution in [3.63, 3.8) is 0 Å². The Morgan fingerprint density at radius 3 is 2.50 bits per heavy atom. The molecule has 2 rings (SSSR count). The van der Waals surface area contributed by atoms with Crippen LogP contribution in [0.2, 0.25) is 0 Å². The third-order valence-electron chi connectivity index (χ3n) is 3.18. The van der Waals surface area contributed by atoms with Crippen molar-refractivity contribution in [2.45, 2.75) is 6.42 Å². The van der Waals surface area contributed by atoms with Gasteiger partial charge in [-0.05, 0) is 42.5 Å². The molecule has 2 aromatic carbocycles. The van der Waals surface area contributed by atoms with Gasteiger partial charge in [0.15, 0.2) is 6.61 Å². The van der Waals surface area contributed by atoms with Crippen LogP contribution in [0, 0.1) is 5.82 Å². The van der Waals surface area contributed by atoms with Gasteiger partial charge in [-0.2, -0.15) is 0 Å². The van der Waals surface area contributed by atoms with E-state index in [0.29, 0.717) is 11.4 Å². The maximum atomic E-state index is 13.1. The first-order valence-corrected chi connectivity index (χ1v) is 7.97. The molecule has 2 amide bonds. The molecule has 0 aliphatic heterocycles. The molecule has 2 N–H and O–H groups in total. The zero-order chi connectivity index (χ0) is 17.5. The highest BCUT2D eigenvalue weighted by Crippen LogP contribution is 2.19. The summed E-state index contributed by atoms with van der Waals surface area (Å²) in [6.07, 6.45) is 0.00000155. The number of hydrogen-bond donors (Lipinski definition) is 1. The number of carbonyl (C=O) groups is 2. The summed E-state index contributed by atoms with van der Waals surface area (Å²) in [5.41, 5.74) is 5.62. The minimum atomic E-state index is -0.525. The Morgan fingerprint density at radius 2 is 1.88 bits per heavy atom. The average Bonchev–Trinajstić information content (AvgIpc) is 2.54. The molecule has 2 aromatic rings. The summed E-state index contributed by atoms with van der Waals surface area (Å²) in [6.45, 7) is -0.117. The fourth-order valence-electron chi connectivity index (χ4n) is 2.02. The molecular weight excluding hydrogens is 379 g/mol. The molecule has 0 saturated heterocycles. The van der Waals surface area contributed by atoms with Gasteiger partial charge in [0.05, 0.1) is 0 Å². The fourth-order valence-corrected chi connectivity index (χ4v) is 2.40. The lowest BCUT2D eigenvalue weighted by atomic mass is 10.2. The van der Waals surface area contributed by atoms with Gasteiger partial charge in [-0.25, -0.2) is 4.39 Å². The highest BCUT2D eigenvalue weighted by molar-refractivity contribution is 9.10. The van der Waals surface area contributed by atoms with Crippen LogP contribution < -0.4 is 15.4 Å². The zero-order valence-electron chi connectivity index (χ0n) is 12.7. The molecule has 24 heavy (non-hydrogen) atoms. The van der Waals surface area contributed by atoms with Gasteiger partial charge in [0.1, 0.15) is 11.6 Å². The number of ether oxygens (including phenoxy) is 1. The van der Waals surface area contributed by atoms with Gasteiger partial charge in [-0.1, -0.05) is 22.0 Å². The van der Waals surface area contributed by atoms with Crippen molar-refractivity contribution in [2.24, 2.45) is 5.73 Å². The summed E-state index contributed by atoms with van der Waals surface area (Å²) in [5, 5.41) is 0. The number of rotatable bonds is 7. The van der Waals surface area contributed by atoms with E-state index in [1.54, 1.807) is 18.2 Å². The lowest BCUT2D eigenvalue weighted by molar-refractivity contribution is -0.120. The molecule has 0 aromatic heterocycles. The standard InChI is InChI=1S/C17H16BrFN2O3/c18-12-2-1-3-15(10-12)24-11-17(23)21(9-8-16(20)22)14-6-4-13(19)5-7-14/h1-7,10H,8-9,11H2,(H2,20,22). The van der Waals surface area contributed by atoms with E-state index >= 15 is 0 Å². The molecule has 0 spiro atoms. The highest BCUT2D eigenvalue weighted by Gasteiger charge is 2.17. The van der Waals surface area contributed by atoms with Crippen LogP contribution in [0.3, 0.4) is 0 Å². The van der Waals surface area contributed by atoms with Crippen molar-refractivity contribution in [3.8, 4) is 5.75 Å². The monoisotopic (exact) mass is 394 g/mol. The number of benzene rings is 2. The normalized spacial score (nSPS) is 10.2. The van der Waals surface area contributed by atoms with Crippen LogP contribution in [0.25, 0.3) is 0 Å². The van der Waals surface area contributed by atoms with Crippen LogP contribution in [0.4, 0.5) is 10.1 Å². The first-order chi connectivity index (χ1) is 11.5. The Balaban J connectivity index is 2.08. The molecule has 7 heteroatoms. The Bertz CT molecular complexity index is 722. The minimum Gasteiger partial charge on any atom is -0.484 e. The largest absolute Gasteiger partial charge is 0.484 e. The number of primary amides is 1. The summed E-state index contributed by atoms with van der Waals surface area (Å²) in [7, 11) is 0. The summed E-state index contributed by atoms with van der Waals surface area (Å²) in [5.74, 6) is -0.760. The minimum absolute atomic E-state index is 0.00000155. The van der Waals surface area contributed by atoms with Gasteiger partial charge < -0.3 is 15.4 Å². The summed E-state index contributed by atoms with van der Waals surface area (Å²) < 4.78 is 19.4. The van der Waals surface area contributed by atoms with E-state index in [9.17, 15) is 14.0 Å². The first kappa shape index (κ1) is 17.9. The van der Waals surface area contributed by atoms with Crippen LogP contribution in [-0.4, -0.2) is 25.0 Å². The quantitative estimate of drug-likeness (QED) is 0.784. The molecule has 0 aliphatic rings. The summed E-state index contributed by atoms with van der Waals surface area (Å²) in [4.78, 5) is 24.8. The van der Waals surface area contributed by atoms with Gasteiger partial charge in [0.25, 0.3) is 5.91 Å². The maximum absolute atomic E-state index is 13.1. The molecule has 0 radical (unpaired) electrons. The zero-order valence-corrected chi connectivity index (χ0v) is 14.3. The second-order valence-corrected chi connectivity index (χ2v) is 5.90. The maximum Gasteiger partial charge on any atom is 0.264 e. The molecule has 126 valence electrons. The number of hydrogen-bond acceptors (Lipinski definition) is 3. The Labute approximate surface area is 147 Å². The highest BCUT2D eigenvalue weighted by atomic mass is 79.9. The van der Waals surface area contributed by atoms with Crippen molar-refractivity contribution in [2.75, 3.05) is 18.1 Å². The van der Waals surface area contributed by atoms with Crippen molar-refractivity contribution in [1.29, 1.82) is 0 Å². The van der Waals surface area contributed by atoms with Crippen LogP contribution in [0.1, 0.15) is 6.42 Å². The van der Waals surface area contributed by atoms with E-state index in [0.717, 1.165) is 4.47 Å². The smallest absolute Gasteiger partial charge is 0.264 e. The second-order valence-electron chi connectivity index (χ2n) is 4.98.